The van der Waals surface area contributed by atoms with E-state index in [0.717, 1.165) is 0 Å². The van der Waals surface area contributed by atoms with E-state index in [1.165, 1.54) is 0 Å². The van der Waals surface area contributed by atoms with Gasteiger partial charge in [0.1, 0.15) is 4.32 Å². The molecular weight excluding hydrogens is 286 g/mol. The lowest BCUT2D eigenvalue weighted by molar-refractivity contribution is -0.123. The summed E-state index contributed by atoms with van der Waals surface area (Å²) >= 11 is 6.61. The Morgan fingerprint density at radius 3 is 2.00 bits per heavy atom. The second-order valence-electron chi connectivity index (χ2n) is 4.04. The van der Waals surface area contributed by atoms with E-state index in [2.05, 4.69) is 37.2 Å². The highest BCUT2D eigenvalue weighted by atomic mass is 79.9. The largest absolute Gasteiger partial charge is 0.350 e. The first-order valence-electron chi connectivity index (χ1n) is 3.76. The first-order chi connectivity index (χ1) is 5.19. The van der Waals surface area contributed by atoms with Crippen LogP contribution in [0.5, 0.6) is 0 Å². The van der Waals surface area contributed by atoms with Gasteiger partial charge in [-0.1, -0.05) is 31.9 Å². The zero-order valence-electron chi connectivity index (χ0n) is 7.87. The van der Waals surface area contributed by atoms with E-state index in [-0.39, 0.29) is 11.4 Å². The van der Waals surface area contributed by atoms with Crippen molar-refractivity contribution < 1.29 is 4.79 Å². The molecule has 0 aromatic heterocycles. The van der Waals surface area contributed by atoms with Crippen molar-refractivity contribution in [1.29, 1.82) is 0 Å². The summed E-state index contributed by atoms with van der Waals surface area (Å²) in [5, 5.41) is 3.49. The van der Waals surface area contributed by atoms with E-state index in [0.29, 0.717) is 5.33 Å². The van der Waals surface area contributed by atoms with Gasteiger partial charge in [0.15, 0.2) is 0 Å². The van der Waals surface area contributed by atoms with Crippen LogP contribution in [0.3, 0.4) is 0 Å². The Morgan fingerprint density at radius 1 is 1.33 bits per heavy atom. The lowest BCUT2D eigenvalue weighted by Crippen LogP contribution is -2.49. The molecule has 1 atom stereocenters. The first-order valence-corrected chi connectivity index (χ1v) is 5.68. The molecular formula is C8H15Br2NO. The predicted octanol–water partition coefficient (Wildman–Crippen LogP) is 2.45. The van der Waals surface area contributed by atoms with Gasteiger partial charge in [-0.3, -0.25) is 4.79 Å². The van der Waals surface area contributed by atoms with Crippen molar-refractivity contribution in [3.05, 3.63) is 0 Å². The molecule has 0 heterocycles. The molecule has 0 bridgehead atoms. The zero-order chi connectivity index (χ0) is 9.99. The van der Waals surface area contributed by atoms with E-state index in [9.17, 15) is 4.79 Å². The Hall–Kier alpha value is 0.430. The minimum absolute atomic E-state index is 0.00637. The average molecular weight is 301 g/mol. The van der Waals surface area contributed by atoms with Crippen LogP contribution in [0.15, 0.2) is 0 Å². The van der Waals surface area contributed by atoms with Crippen LogP contribution in [0.2, 0.25) is 0 Å². The predicted molar refractivity (Wildman–Crippen MR) is 59.0 cm³/mol. The van der Waals surface area contributed by atoms with Crippen molar-refractivity contribution >= 4 is 37.8 Å². The van der Waals surface area contributed by atoms with Crippen LogP contribution in [0.25, 0.3) is 0 Å². The topological polar surface area (TPSA) is 29.1 Å². The van der Waals surface area contributed by atoms with Gasteiger partial charge in [-0.05, 0) is 27.7 Å². The Bertz CT molecular complexity index is 172. The summed E-state index contributed by atoms with van der Waals surface area (Å²) in [6.07, 6.45) is 0. The lowest BCUT2D eigenvalue weighted by atomic mass is 10.1. The van der Waals surface area contributed by atoms with Crippen LogP contribution in [0.1, 0.15) is 27.7 Å². The van der Waals surface area contributed by atoms with Gasteiger partial charge < -0.3 is 5.32 Å². The fraction of sp³-hybridized carbons (Fsp3) is 0.875. The fourth-order valence-corrected chi connectivity index (χ4v) is 0.885. The standard InChI is InChI=1S/C8H15Br2NO/c1-7(2,3)11-6(12)8(4,10)5-9/h5H2,1-4H3,(H,11,12). The van der Waals surface area contributed by atoms with Crippen LogP contribution in [0.4, 0.5) is 0 Å². The van der Waals surface area contributed by atoms with Crippen molar-refractivity contribution in [1.82, 2.24) is 5.32 Å². The van der Waals surface area contributed by atoms with Gasteiger partial charge >= 0.3 is 0 Å². The molecule has 72 valence electrons. The van der Waals surface area contributed by atoms with Crippen LogP contribution < -0.4 is 5.32 Å². The summed E-state index contributed by atoms with van der Waals surface area (Å²) < 4.78 is -0.514. The van der Waals surface area contributed by atoms with Gasteiger partial charge in [0.05, 0.1) is 0 Å². The normalized spacial score (nSPS) is 16.8. The highest BCUT2D eigenvalue weighted by molar-refractivity contribution is 9.12. The molecule has 0 saturated carbocycles. The SMILES string of the molecule is CC(C)(C)NC(=O)C(C)(Br)CBr. The van der Waals surface area contributed by atoms with Crippen molar-refractivity contribution in [2.45, 2.75) is 37.6 Å². The monoisotopic (exact) mass is 299 g/mol. The third-order valence-electron chi connectivity index (χ3n) is 1.21. The molecule has 0 aliphatic carbocycles. The summed E-state index contributed by atoms with van der Waals surface area (Å²) in [6.45, 7) is 7.72. The molecule has 0 aliphatic rings. The number of carbonyl (C=O) groups excluding carboxylic acids is 1. The van der Waals surface area contributed by atoms with Crippen LogP contribution in [-0.2, 0) is 4.79 Å². The molecule has 4 heteroatoms. The smallest absolute Gasteiger partial charge is 0.237 e. The number of amides is 1. The van der Waals surface area contributed by atoms with Crippen molar-refractivity contribution in [2.75, 3.05) is 5.33 Å². The molecule has 0 spiro atoms. The molecule has 1 amide bonds. The van der Waals surface area contributed by atoms with E-state index in [4.69, 9.17) is 0 Å². The molecule has 0 rings (SSSR count). The lowest BCUT2D eigenvalue weighted by Gasteiger charge is -2.26. The molecule has 0 aromatic rings. The third-order valence-corrected chi connectivity index (χ3v) is 3.73. The van der Waals surface area contributed by atoms with Crippen molar-refractivity contribution in [3.63, 3.8) is 0 Å². The Kier molecular flexibility index (Phi) is 4.24. The quantitative estimate of drug-likeness (QED) is 0.780. The van der Waals surface area contributed by atoms with Gasteiger partial charge in [-0.15, -0.1) is 0 Å². The molecule has 1 N–H and O–H groups in total. The molecule has 12 heavy (non-hydrogen) atoms. The van der Waals surface area contributed by atoms with Crippen LogP contribution in [-0.4, -0.2) is 21.1 Å². The zero-order valence-corrected chi connectivity index (χ0v) is 11.0. The summed E-state index contributed by atoms with van der Waals surface area (Å²) in [5.41, 5.74) is -0.172. The first kappa shape index (κ1) is 12.4. The maximum absolute atomic E-state index is 11.5. The number of halogens is 2. The van der Waals surface area contributed by atoms with E-state index >= 15 is 0 Å². The minimum atomic E-state index is -0.514. The summed E-state index contributed by atoms with van der Waals surface area (Å²) in [6, 6.07) is 0. The van der Waals surface area contributed by atoms with Crippen molar-refractivity contribution in [2.24, 2.45) is 0 Å². The number of rotatable bonds is 2. The second kappa shape index (κ2) is 4.09. The number of hydrogen-bond acceptors (Lipinski definition) is 1. The Labute approximate surface area is 90.7 Å². The second-order valence-corrected chi connectivity index (χ2v) is 6.35. The number of hydrogen-bond donors (Lipinski definition) is 1. The van der Waals surface area contributed by atoms with Gasteiger partial charge in [-0.2, -0.15) is 0 Å². The fourth-order valence-electron chi connectivity index (χ4n) is 0.532. The summed E-state index contributed by atoms with van der Waals surface area (Å²) in [4.78, 5) is 11.5. The molecule has 0 fully saturated rings. The van der Waals surface area contributed by atoms with Gasteiger partial charge in [0.25, 0.3) is 0 Å². The molecule has 0 saturated heterocycles. The Balaban J connectivity index is 4.23. The Morgan fingerprint density at radius 2 is 1.75 bits per heavy atom. The van der Waals surface area contributed by atoms with Gasteiger partial charge in [0.2, 0.25) is 5.91 Å². The van der Waals surface area contributed by atoms with Gasteiger partial charge in [0, 0.05) is 10.9 Å². The summed E-state index contributed by atoms with van der Waals surface area (Å²) in [5.74, 6) is 0.00637. The van der Waals surface area contributed by atoms with Crippen molar-refractivity contribution in [3.8, 4) is 0 Å². The molecule has 0 aliphatic heterocycles. The number of carbonyl (C=O) groups is 1. The maximum atomic E-state index is 11.5. The third kappa shape index (κ3) is 4.45. The molecule has 0 radical (unpaired) electrons. The van der Waals surface area contributed by atoms with Gasteiger partial charge in [-0.25, -0.2) is 0 Å². The van der Waals surface area contributed by atoms with E-state index < -0.39 is 4.32 Å². The molecule has 0 aromatic carbocycles. The van der Waals surface area contributed by atoms with E-state index in [1.807, 2.05) is 27.7 Å². The minimum Gasteiger partial charge on any atom is -0.350 e. The number of nitrogens with one attached hydrogen (secondary N) is 1. The van der Waals surface area contributed by atoms with Crippen LogP contribution in [0, 0.1) is 0 Å². The maximum Gasteiger partial charge on any atom is 0.237 e. The van der Waals surface area contributed by atoms with E-state index in [1.54, 1.807) is 0 Å². The summed E-state index contributed by atoms with van der Waals surface area (Å²) in [7, 11) is 0. The molecule has 2 nitrogen and oxygen atoms in total. The highest BCUT2D eigenvalue weighted by Crippen LogP contribution is 2.21. The highest BCUT2D eigenvalue weighted by Gasteiger charge is 2.30. The molecule has 1 unspecified atom stereocenters. The number of alkyl halides is 2. The van der Waals surface area contributed by atoms with Crippen LogP contribution >= 0.6 is 31.9 Å². The average Bonchev–Trinajstić information content (AvgIpc) is 1.84.